The van der Waals surface area contributed by atoms with Gasteiger partial charge in [-0.1, -0.05) is 35.4 Å². The molecule has 0 fully saturated rings. The van der Waals surface area contributed by atoms with E-state index in [1.54, 1.807) is 0 Å². The predicted octanol–water partition coefficient (Wildman–Crippen LogP) is 4.47. The molecule has 0 aliphatic rings. The Morgan fingerprint density at radius 3 is 1.89 bits per heavy atom. The van der Waals surface area contributed by atoms with Crippen molar-refractivity contribution in [3.8, 4) is 0 Å². The molecule has 2 nitrogen and oxygen atoms in total. The molecule has 0 aromatic heterocycles. The average Bonchev–Trinajstić information content (AvgIpc) is 2.35. The Morgan fingerprint density at radius 2 is 1.33 bits per heavy atom. The lowest BCUT2D eigenvalue weighted by Gasteiger charge is -2.06. The van der Waals surface area contributed by atoms with Gasteiger partial charge in [-0.15, -0.1) is 0 Å². The number of aryl methyl sites for hydroxylation is 2. The molecule has 0 radical (unpaired) electrons. The van der Waals surface area contributed by atoms with E-state index in [4.69, 9.17) is 0 Å². The molecule has 0 spiro atoms. The van der Waals surface area contributed by atoms with Crippen LogP contribution in [0.25, 0.3) is 0 Å². The van der Waals surface area contributed by atoms with Crippen molar-refractivity contribution < 1.29 is 0 Å². The molecular weight excluding hydrogens is 220 g/mol. The number of anilines is 1. The third kappa shape index (κ3) is 3.45. The van der Waals surface area contributed by atoms with Gasteiger partial charge in [0.25, 0.3) is 0 Å². The van der Waals surface area contributed by atoms with Crippen LogP contribution in [0.2, 0.25) is 0 Å². The zero-order valence-corrected chi connectivity index (χ0v) is 11.1. The Balaban J connectivity index is 2.09. The van der Waals surface area contributed by atoms with Gasteiger partial charge in [0.15, 0.2) is 0 Å². The Bertz CT molecular complexity index is 536. The van der Waals surface area contributed by atoms with Crippen molar-refractivity contribution in [2.75, 3.05) is 5.32 Å². The number of nitrogens with one attached hydrogen (secondary N) is 1. The van der Waals surface area contributed by atoms with Crippen LogP contribution in [0.5, 0.6) is 0 Å². The van der Waals surface area contributed by atoms with Gasteiger partial charge in [0.2, 0.25) is 0 Å². The summed E-state index contributed by atoms with van der Waals surface area (Å²) in [6.07, 6.45) is 0. The summed E-state index contributed by atoms with van der Waals surface area (Å²) in [5.41, 5.74) is 4.54. The van der Waals surface area contributed by atoms with Crippen LogP contribution < -0.4 is 5.32 Å². The summed E-state index contributed by atoms with van der Waals surface area (Å²) < 4.78 is 0. The van der Waals surface area contributed by atoms with E-state index in [2.05, 4.69) is 60.6 Å². The summed E-state index contributed by atoms with van der Waals surface area (Å²) >= 11 is 0. The maximum atomic E-state index is 4.52. The van der Waals surface area contributed by atoms with E-state index in [1.807, 2.05) is 19.1 Å². The summed E-state index contributed by atoms with van der Waals surface area (Å²) in [7, 11) is 0. The van der Waals surface area contributed by atoms with E-state index in [9.17, 15) is 0 Å². The van der Waals surface area contributed by atoms with Crippen molar-refractivity contribution >= 4 is 17.2 Å². The van der Waals surface area contributed by atoms with Crippen LogP contribution in [0.15, 0.2) is 53.5 Å². The van der Waals surface area contributed by atoms with Crippen molar-refractivity contribution in [3.05, 3.63) is 59.7 Å². The van der Waals surface area contributed by atoms with Crippen molar-refractivity contribution in [3.63, 3.8) is 0 Å². The molecule has 2 aromatic carbocycles. The molecule has 0 heterocycles. The summed E-state index contributed by atoms with van der Waals surface area (Å²) in [5.74, 6) is 0.891. The molecule has 18 heavy (non-hydrogen) atoms. The SMILES string of the molecule is C/C(=N\c1ccc(C)cc1)Nc1ccc(C)cc1. The van der Waals surface area contributed by atoms with Gasteiger partial charge in [-0.3, -0.25) is 0 Å². The summed E-state index contributed by atoms with van der Waals surface area (Å²) in [4.78, 5) is 4.52. The van der Waals surface area contributed by atoms with Crippen LogP contribution in [0.3, 0.4) is 0 Å². The third-order valence-electron chi connectivity index (χ3n) is 2.71. The van der Waals surface area contributed by atoms with Crippen LogP contribution in [-0.4, -0.2) is 5.84 Å². The molecule has 0 aliphatic carbocycles. The number of amidine groups is 1. The fourth-order valence-corrected chi connectivity index (χ4v) is 1.69. The first-order valence-corrected chi connectivity index (χ1v) is 6.09. The van der Waals surface area contributed by atoms with Gasteiger partial charge in [-0.25, -0.2) is 4.99 Å². The lowest BCUT2D eigenvalue weighted by atomic mass is 10.2. The Morgan fingerprint density at radius 1 is 0.833 bits per heavy atom. The Labute approximate surface area is 108 Å². The molecule has 0 bridgehead atoms. The minimum absolute atomic E-state index is 0.891. The molecule has 0 saturated carbocycles. The second-order valence-corrected chi connectivity index (χ2v) is 4.52. The number of aliphatic imine (C=N–C) groups is 1. The molecule has 0 aliphatic heterocycles. The first-order valence-electron chi connectivity index (χ1n) is 6.09. The van der Waals surface area contributed by atoms with Gasteiger partial charge in [0.1, 0.15) is 5.84 Å². The van der Waals surface area contributed by atoms with Crippen LogP contribution >= 0.6 is 0 Å². The number of hydrogen-bond acceptors (Lipinski definition) is 1. The summed E-state index contributed by atoms with van der Waals surface area (Å²) in [6, 6.07) is 16.5. The normalized spacial score (nSPS) is 11.4. The second-order valence-electron chi connectivity index (χ2n) is 4.52. The van der Waals surface area contributed by atoms with Gasteiger partial charge in [0.05, 0.1) is 5.69 Å². The molecule has 0 amide bonds. The van der Waals surface area contributed by atoms with Gasteiger partial charge in [0, 0.05) is 5.69 Å². The highest BCUT2D eigenvalue weighted by atomic mass is 15.0. The van der Waals surface area contributed by atoms with Gasteiger partial charge in [-0.2, -0.15) is 0 Å². The highest BCUT2D eigenvalue weighted by molar-refractivity contribution is 5.95. The van der Waals surface area contributed by atoms with E-state index in [-0.39, 0.29) is 0 Å². The van der Waals surface area contributed by atoms with E-state index < -0.39 is 0 Å². The van der Waals surface area contributed by atoms with E-state index >= 15 is 0 Å². The standard InChI is InChI=1S/C16H18N2/c1-12-4-8-15(9-5-12)17-14(3)18-16-10-6-13(2)7-11-16/h4-11H,1-3H3,(H,17,18). The zero-order valence-electron chi connectivity index (χ0n) is 11.1. The molecule has 0 saturated heterocycles. The molecule has 2 heteroatoms. The minimum atomic E-state index is 0.891. The average molecular weight is 238 g/mol. The van der Waals surface area contributed by atoms with Crippen LogP contribution in [0, 0.1) is 13.8 Å². The minimum Gasteiger partial charge on any atom is -0.344 e. The largest absolute Gasteiger partial charge is 0.344 e. The smallest absolute Gasteiger partial charge is 0.103 e. The highest BCUT2D eigenvalue weighted by Gasteiger charge is 1.95. The number of nitrogens with zero attached hydrogens (tertiary/aromatic N) is 1. The molecule has 1 N–H and O–H groups in total. The van der Waals surface area contributed by atoms with Gasteiger partial charge in [-0.05, 0) is 45.0 Å². The summed E-state index contributed by atoms with van der Waals surface area (Å²) in [6.45, 7) is 6.13. The quantitative estimate of drug-likeness (QED) is 0.606. The second kappa shape index (κ2) is 5.50. The molecule has 92 valence electrons. The first kappa shape index (κ1) is 12.4. The maximum absolute atomic E-state index is 4.52. The number of hydrogen-bond donors (Lipinski definition) is 1. The summed E-state index contributed by atoms with van der Waals surface area (Å²) in [5, 5.41) is 3.28. The van der Waals surface area contributed by atoms with Crippen LogP contribution in [-0.2, 0) is 0 Å². The molecule has 2 aromatic rings. The highest BCUT2D eigenvalue weighted by Crippen LogP contribution is 2.14. The lowest BCUT2D eigenvalue weighted by Crippen LogP contribution is -2.06. The molecular formula is C16H18N2. The van der Waals surface area contributed by atoms with Crippen molar-refractivity contribution in [1.29, 1.82) is 0 Å². The van der Waals surface area contributed by atoms with Crippen LogP contribution in [0.4, 0.5) is 11.4 Å². The third-order valence-corrected chi connectivity index (χ3v) is 2.71. The number of rotatable bonds is 2. The van der Waals surface area contributed by atoms with Gasteiger partial charge >= 0.3 is 0 Å². The van der Waals surface area contributed by atoms with E-state index in [1.165, 1.54) is 11.1 Å². The molecule has 2 rings (SSSR count). The topological polar surface area (TPSA) is 24.4 Å². The molecule has 0 unspecified atom stereocenters. The fourth-order valence-electron chi connectivity index (χ4n) is 1.69. The lowest BCUT2D eigenvalue weighted by molar-refractivity contribution is 1.41. The maximum Gasteiger partial charge on any atom is 0.103 e. The van der Waals surface area contributed by atoms with Crippen molar-refractivity contribution in [2.24, 2.45) is 4.99 Å². The monoisotopic (exact) mass is 238 g/mol. The Kier molecular flexibility index (Phi) is 3.78. The fraction of sp³-hybridized carbons (Fsp3) is 0.188. The van der Waals surface area contributed by atoms with E-state index in [0.717, 1.165) is 17.2 Å². The Hall–Kier alpha value is -2.09. The predicted molar refractivity (Wildman–Crippen MR) is 78.7 cm³/mol. The first-order chi connectivity index (χ1) is 8.63. The molecule has 0 atom stereocenters. The van der Waals surface area contributed by atoms with Gasteiger partial charge < -0.3 is 5.32 Å². The number of benzene rings is 2. The van der Waals surface area contributed by atoms with Crippen LogP contribution in [0.1, 0.15) is 18.1 Å². The van der Waals surface area contributed by atoms with Crippen molar-refractivity contribution in [2.45, 2.75) is 20.8 Å². The van der Waals surface area contributed by atoms with E-state index in [0.29, 0.717) is 0 Å². The zero-order chi connectivity index (χ0) is 13.0. The van der Waals surface area contributed by atoms with Crippen molar-refractivity contribution in [1.82, 2.24) is 0 Å².